The number of rotatable bonds is 3. The Kier molecular flexibility index (Phi) is 4.38. The van der Waals surface area contributed by atoms with Gasteiger partial charge in [-0.25, -0.2) is 0 Å². The van der Waals surface area contributed by atoms with E-state index < -0.39 is 5.92 Å². The normalized spacial score (nSPS) is 16.9. The predicted molar refractivity (Wildman–Crippen MR) is 78.0 cm³/mol. The maximum Gasteiger partial charge on any atom is 0.225 e. The zero-order chi connectivity index (χ0) is 16.1. The van der Waals surface area contributed by atoms with Crippen LogP contribution in [0.25, 0.3) is 0 Å². The molecular formula is C16H12N4O2. The zero-order valence-electron chi connectivity index (χ0n) is 11.8. The number of amides is 1. The van der Waals surface area contributed by atoms with Gasteiger partial charge in [0.05, 0.1) is 24.4 Å². The molecule has 6 heteroatoms. The molecule has 2 rings (SSSR count). The quantitative estimate of drug-likeness (QED) is 0.653. The van der Waals surface area contributed by atoms with Crippen molar-refractivity contribution in [2.24, 2.45) is 0 Å². The van der Waals surface area contributed by atoms with Crippen LogP contribution in [0.3, 0.4) is 0 Å². The Balaban J connectivity index is 2.56. The van der Waals surface area contributed by atoms with Crippen LogP contribution in [0.2, 0.25) is 0 Å². The van der Waals surface area contributed by atoms with Crippen molar-refractivity contribution >= 4 is 11.8 Å². The fraction of sp³-hybridized carbons (Fsp3) is 0.188. The number of benzene rings is 1. The number of ether oxygens (including phenoxy) is 1. The first-order chi connectivity index (χ1) is 10.6. The van der Waals surface area contributed by atoms with E-state index in [1.807, 2.05) is 11.9 Å². The molecule has 0 aromatic heterocycles. The van der Waals surface area contributed by atoms with Crippen molar-refractivity contribution in [2.75, 3.05) is 7.11 Å². The molecule has 1 aromatic rings. The second kappa shape index (κ2) is 6.41. The lowest BCUT2D eigenvalue weighted by Gasteiger charge is -2.24. The van der Waals surface area contributed by atoms with E-state index >= 15 is 0 Å². The minimum absolute atomic E-state index is 0.0667. The minimum Gasteiger partial charge on any atom is -0.497 e. The molecule has 1 amide bonds. The highest BCUT2D eigenvalue weighted by molar-refractivity contribution is 5.86. The van der Waals surface area contributed by atoms with E-state index in [4.69, 9.17) is 15.4 Å². The maximum absolute atomic E-state index is 11.9. The molecule has 0 saturated heterocycles. The maximum atomic E-state index is 11.9. The van der Waals surface area contributed by atoms with Crippen molar-refractivity contribution in [3.8, 4) is 17.9 Å². The lowest BCUT2D eigenvalue weighted by atomic mass is 9.84. The highest BCUT2D eigenvalue weighted by Gasteiger charge is 2.31. The summed E-state index contributed by atoms with van der Waals surface area (Å²) in [5.41, 5.74) is 0.924. The van der Waals surface area contributed by atoms with Gasteiger partial charge >= 0.3 is 0 Å². The second-order valence-electron chi connectivity index (χ2n) is 4.59. The molecule has 1 unspecified atom stereocenters. The van der Waals surface area contributed by atoms with Gasteiger partial charge in [-0.1, -0.05) is 12.1 Å². The predicted octanol–water partition coefficient (Wildman–Crippen LogP) is 1.77. The average molecular weight is 292 g/mol. The van der Waals surface area contributed by atoms with Gasteiger partial charge in [0.1, 0.15) is 17.4 Å². The molecule has 0 aliphatic carbocycles. The van der Waals surface area contributed by atoms with Gasteiger partial charge in [0.25, 0.3) is 0 Å². The average Bonchev–Trinajstić information content (AvgIpc) is 2.55. The van der Waals surface area contributed by atoms with Crippen LogP contribution in [0, 0.1) is 28.1 Å². The fourth-order valence-electron chi connectivity index (χ4n) is 2.32. The van der Waals surface area contributed by atoms with Gasteiger partial charge < -0.3 is 10.1 Å². The number of carbonyl (C=O) groups is 1. The second-order valence-corrected chi connectivity index (χ2v) is 4.59. The van der Waals surface area contributed by atoms with Crippen LogP contribution in [0.1, 0.15) is 17.9 Å². The number of hydrogen-bond acceptors (Lipinski definition) is 5. The SMILES string of the molecule is COc1ccc(C2CC(=O)NC(C(=C=N)C#N)=C2C#N)cc1. The molecule has 6 nitrogen and oxygen atoms in total. The molecule has 1 heterocycles. The van der Waals surface area contributed by atoms with Crippen LogP contribution in [-0.4, -0.2) is 18.9 Å². The first-order valence-electron chi connectivity index (χ1n) is 6.42. The Bertz CT molecular complexity index is 772. The summed E-state index contributed by atoms with van der Waals surface area (Å²) in [5, 5.41) is 28.1. The van der Waals surface area contributed by atoms with E-state index in [-0.39, 0.29) is 29.2 Å². The third-order valence-corrected chi connectivity index (χ3v) is 3.40. The molecule has 108 valence electrons. The molecule has 0 spiro atoms. The molecule has 0 radical (unpaired) electrons. The highest BCUT2D eigenvalue weighted by Crippen LogP contribution is 2.34. The number of nitrogens with zero attached hydrogens (tertiary/aromatic N) is 2. The standard InChI is InChI=1S/C16H12N4O2/c1-22-12-4-2-10(3-5-12)13-6-15(21)20-16(14(13)9-19)11(7-17)8-18/h2-5,13,17H,6H2,1H3,(H,20,21). The summed E-state index contributed by atoms with van der Waals surface area (Å²) in [6.45, 7) is 0. The smallest absolute Gasteiger partial charge is 0.225 e. The van der Waals surface area contributed by atoms with E-state index in [1.54, 1.807) is 37.4 Å². The first kappa shape index (κ1) is 15.1. The van der Waals surface area contributed by atoms with E-state index in [0.29, 0.717) is 5.75 Å². The van der Waals surface area contributed by atoms with Gasteiger partial charge in [0, 0.05) is 12.3 Å². The third-order valence-electron chi connectivity index (χ3n) is 3.40. The van der Waals surface area contributed by atoms with Crippen molar-refractivity contribution in [1.82, 2.24) is 5.32 Å². The van der Waals surface area contributed by atoms with E-state index in [0.717, 1.165) is 5.56 Å². The topological polar surface area (TPSA) is 110 Å². The third kappa shape index (κ3) is 2.73. The summed E-state index contributed by atoms with van der Waals surface area (Å²) < 4.78 is 5.09. The summed E-state index contributed by atoms with van der Waals surface area (Å²) in [7, 11) is 1.55. The van der Waals surface area contributed by atoms with Crippen molar-refractivity contribution in [1.29, 1.82) is 15.9 Å². The van der Waals surface area contributed by atoms with Gasteiger partial charge in [0.15, 0.2) is 0 Å². The minimum atomic E-state index is -0.462. The fourth-order valence-corrected chi connectivity index (χ4v) is 2.32. The number of methoxy groups -OCH3 is 1. The number of nitrogens with one attached hydrogen (secondary N) is 2. The van der Waals surface area contributed by atoms with Gasteiger partial charge in [-0.15, -0.1) is 0 Å². The Hall–Kier alpha value is -3.34. The van der Waals surface area contributed by atoms with Crippen molar-refractivity contribution in [2.45, 2.75) is 12.3 Å². The molecular weight excluding hydrogens is 280 g/mol. The molecule has 1 aliphatic heterocycles. The Labute approximate surface area is 127 Å². The molecule has 0 fully saturated rings. The molecule has 22 heavy (non-hydrogen) atoms. The van der Waals surface area contributed by atoms with Gasteiger partial charge in [0.2, 0.25) is 5.91 Å². The van der Waals surface area contributed by atoms with Crippen molar-refractivity contribution in [3.05, 3.63) is 46.7 Å². The number of carbonyl (C=O) groups excluding carboxylic acids is 1. The van der Waals surface area contributed by atoms with Crippen molar-refractivity contribution < 1.29 is 9.53 Å². The largest absolute Gasteiger partial charge is 0.497 e. The number of allylic oxidation sites excluding steroid dienone is 2. The van der Waals surface area contributed by atoms with Crippen LogP contribution in [0.15, 0.2) is 41.1 Å². The van der Waals surface area contributed by atoms with E-state index in [9.17, 15) is 10.1 Å². The Morgan fingerprint density at radius 1 is 1.36 bits per heavy atom. The first-order valence-corrected chi connectivity index (χ1v) is 6.42. The number of hydrogen-bond donors (Lipinski definition) is 2. The summed E-state index contributed by atoms with van der Waals surface area (Å²) in [6.07, 6.45) is 0.107. The van der Waals surface area contributed by atoms with Gasteiger partial charge in [-0.3, -0.25) is 10.2 Å². The molecule has 1 atom stereocenters. The van der Waals surface area contributed by atoms with Crippen LogP contribution < -0.4 is 10.1 Å². The zero-order valence-corrected chi connectivity index (χ0v) is 11.8. The Morgan fingerprint density at radius 3 is 2.55 bits per heavy atom. The van der Waals surface area contributed by atoms with Crippen LogP contribution >= 0.6 is 0 Å². The highest BCUT2D eigenvalue weighted by atomic mass is 16.5. The van der Waals surface area contributed by atoms with Crippen LogP contribution in [0.5, 0.6) is 5.75 Å². The van der Waals surface area contributed by atoms with E-state index in [1.165, 1.54) is 0 Å². The van der Waals surface area contributed by atoms with Crippen LogP contribution in [0.4, 0.5) is 0 Å². The lowest BCUT2D eigenvalue weighted by molar-refractivity contribution is -0.120. The van der Waals surface area contributed by atoms with Gasteiger partial charge in [-0.05, 0) is 23.6 Å². The molecule has 1 aliphatic rings. The molecule has 2 N–H and O–H groups in total. The van der Waals surface area contributed by atoms with Crippen molar-refractivity contribution in [3.63, 3.8) is 0 Å². The summed E-state index contributed by atoms with van der Waals surface area (Å²) in [6, 6.07) is 10.8. The van der Waals surface area contributed by atoms with Gasteiger partial charge in [-0.2, -0.15) is 10.5 Å². The summed E-state index contributed by atoms with van der Waals surface area (Å²) in [5.74, 6) is 1.86. The Morgan fingerprint density at radius 2 is 2.05 bits per heavy atom. The van der Waals surface area contributed by atoms with Crippen LogP contribution in [-0.2, 0) is 4.79 Å². The molecule has 0 bridgehead atoms. The summed E-state index contributed by atoms with van der Waals surface area (Å²) in [4.78, 5) is 11.9. The molecule has 0 saturated carbocycles. The molecule has 1 aromatic carbocycles. The number of nitriles is 2. The van der Waals surface area contributed by atoms with E-state index in [2.05, 4.69) is 5.32 Å². The monoisotopic (exact) mass is 292 g/mol. The summed E-state index contributed by atoms with van der Waals surface area (Å²) >= 11 is 0. The lowest BCUT2D eigenvalue weighted by Crippen LogP contribution is -2.32.